The number of carbonyl (C=O) groups excluding carboxylic acids is 1. The van der Waals surface area contributed by atoms with Gasteiger partial charge in [-0.3, -0.25) is 10.1 Å². The summed E-state index contributed by atoms with van der Waals surface area (Å²) >= 11 is 1.87. The Bertz CT molecular complexity index is 431. The molecular weight excluding hydrogens is 232 g/mol. The Kier molecular flexibility index (Phi) is 3.45. The van der Waals surface area contributed by atoms with Crippen LogP contribution in [0.4, 0.5) is 0 Å². The normalized spacial score (nSPS) is 19.8. The molecule has 0 saturated carbocycles. The average molecular weight is 250 g/mol. The number of hydrogen-bond acceptors (Lipinski definition) is 3. The number of rotatable bonds is 3. The number of amides is 1. The minimum Gasteiger partial charge on any atom is -0.368 e. The van der Waals surface area contributed by atoms with Crippen molar-refractivity contribution in [3.05, 3.63) is 29.8 Å². The molecule has 1 aliphatic rings. The van der Waals surface area contributed by atoms with Crippen LogP contribution in [0.3, 0.4) is 0 Å². The lowest BCUT2D eigenvalue weighted by Crippen LogP contribution is -2.52. The fourth-order valence-electron chi connectivity index (χ4n) is 2.00. The third-order valence-electron chi connectivity index (χ3n) is 3.11. The molecule has 0 saturated heterocycles. The van der Waals surface area contributed by atoms with Gasteiger partial charge in [0.1, 0.15) is 0 Å². The molecule has 1 aromatic carbocycles. The van der Waals surface area contributed by atoms with Crippen molar-refractivity contribution in [3.63, 3.8) is 0 Å². The summed E-state index contributed by atoms with van der Waals surface area (Å²) in [7, 11) is 0. The summed E-state index contributed by atoms with van der Waals surface area (Å²) in [5.41, 5.74) is 6.01. The predicted molar refractivity (Wildman–Crippen MR) is 70.9 cm³/mol. The van der Waals surface area contributed by atoms with E-state index in [1.165, 1.54) is 10.5 Å². The van der Waals surface area contributed by atoms with Crippen molar-refractivity contribution in [1.82, 2.24) is 5.32 Å². The summed E-state index contributed by atoms with van der Waals surface area (Å²) in [4.78, 5) is 12.7. The van der Waals surface area contributed by atoms with Crippen molar-refractivity contribution >= 4 is 17.7 Å². The number of thioether (sulfide) groups is 1. The molecule has 1 unspecified atom stereocenters. The second-order valence-electron chi connectivity index (χ2n) is 4.86. The summed E-state index contributed by atoms with van der Waals surface area (Å²) < 4.78 is 0. The van der Waals surface area contributed by atoms with Gasteiger partial charge in [0.15, 0.2) is 0 Å². The van der Waals surface area contributed by atoms with E-state index < -0.39 is 5.54 Å². The molecule has 3 N–H and O–H groups in total. The molecule has 1 aliphatic heterocycles. The van der Waals surface area contributed by atoms with Gasteiger partial charge < -0.3 is 5.73 Å². The Morgan fingerprint density at radius 3 is 2.88 bits per heavy atom. The number of fused-ring (bicyclic) bond motifs is 1. The summed E-state index contributed by atoms with van der Waals surface area (Å²) in [6, 6.07) is 8.56. The minimum atomic E-state index is -0.667. The fourth-order valence-corrected chi connectivity index (χ4v) is 3.12. The van der Waals surface area contributed by atoms with E-state index in [1.807, 2.05) is 37.7 Å². The molecule has 2 rings (SSSR count). The highest BCUT2D eigenvalue weighted by Gasteiger charge is 2.30. The van der Waals surface area contributed by atoms with Gasteiger partial charge in [-0.05, 0) is 37.7 Å². The van der Waals surface area contributed by atoms with E-state index >= 15 is 0 Å². The maximum atomic E-state index is 11.4. The topological polar surface area (TPSA) is 55.1 Å². The first kappa shape index (κ1) is 12.5. The minimum absolute atomic E-state index is 0.218. The lowest BCUT2D eigenvalue weighted by atomic mass is 9.97. The molecule has 1 heterocycles. The van der Waals surface area contributed by atoms with Crippen LogP contribution in [0.2, 0.25) is 0 Å². The second kappa shape index (κ2) is 4.70. The molecule has 3 nitrogen and oxygen atoms in total. The van der Waals surface area contributed by atoms with Crippen molar-refractivity contribution < 1.29 is 4.79 Å². The molecule has 1 aromatic rings. The second-order valence-corrected chi connectivity index (χ2v) is 6.00. The van der Waals surface area contributed by atoms with Gasteiger partial charge in [0, 0.05) is 10.9 Å². The predicted octanol–water partition coefficient (Wildman–Crippen LogP) is 2.08. The van der Waals surface area contributed by atoms with E-state index in [0.29, 0.717) is 0 Å². The first-order valence-corrected chi connectivity index (χ1v) is 6.78. The molecular formula is C13H18N2OS. The first-order valence-electron chi connectivity index (χ1n) is 5.80. The maximum Gasteiger partial charge on any atom is 0.237 e. The Morgan fingerprint density at radius 2 is 2.18 bits per heavy atom. The highest BCUT2D eigenvalue weighted by Crippen LogP contribution is 2.36. The molecule has 0 spiro atoms. The zero-order valence-electron chi connectivity index (χ0n) is 10.2. The Hall–Kier alpha value is -1.00. The lowest BCUT2D eigenvalue weighted by molar-refractivity contribution is -0.123. The molecule has 1 amide bonds. The fraction of sp³-hybridized carbons (Fsp3) is 0.462. The Morgan fingerprint density at radius 1 is 1.47 bits per heavy atom. The summed E-state index contributed by atoms with van der Waals surface area (Å²) in [6.45, 7) is 3.67. The molecule has 17 heavy (non-hydrogen) atoms. The molecule has 0 aliphatic carbocycles. The van der Waals surface area contributed by atoms with Crippen LogP contribution in [0.15, 0.2) is 29.2 Å². The van der Waals surface area contributed by atoms with E-state index in [2.05, 4.69) is 17.4 Å². The SMILES string of the molecule is CC(C)(NC1CCSc2ccccc21)C(N)=O. The smallest absolute Gasteiger partial charge is 0.237 e. The van der Waals surface area contributed by atoms with Crippen molar-refractivity contribution in [3.8, 4) is 0 Å². The van der Waals surface area contributed by atoms with Crippen LogP contribution in [-0.2, 0) is 4.79 Å². The molecule has 0 bridgehead atoms. The highest BCUT2D eigenvalue weighted by atomic mass is 32.2. The van der Waals surface area contributed by atoms with Gasteiger partial charge in [0.05, 0.1) is 5.54 Å². The molecule has 92 valence electrons. The van der Waals surface area contributed by atoms with Gasteiger partial charge >= 0.3 is 0 Å². The van der Waals surface area contributed by atoms with Gasteiger partial charge in [-0.1, -0.05) is 18.2 Å². The van der Waals surface area contributed by atoms with Crippen LogP contribution in [0, 0.1) is 0 Å². The van der Waals surface area contributed by atoms with Crippen LogP contribution < -0.4 is 11.1 Å². The van der Waals surface area contributed by atoms with Gasteiger partial charge in [0.2, 0.25) is 5.91 Å². The van der Waals surface area contributed by atoms with E-state index in [9.17, 15) is 4.79 Å². The first-order chi connectivity index (χ1) is 8.00. The highest BCUT2D eigenvalue weighted by molar-refractivity contribution is 7.99. The number of nitrogens with two attached hydrogens (primary N) is 1. The molecule has 4 heteroatoms. The Balaban J connectivity index is 2.22. The number of carbonyl (C=O) groups is 1. The van der Waals surface area contributed by atoms with Crippen LogP contribution in [0.5, 0.6) is 0 Å². The zero-order chi connectivity index (χ0) is 12.5. The van der Waals surface area contributed by atoms with Crippen LogP contribution in [0.25, 0.3) is 0 Å². The van der Waals surface area contributed by atoms with E-state index in [1.54, 1.807) is 0 Å². The summed E-state index contributed by atoms with van der Waals surface area (Å²) in [5, 5.41) is 3.36. The Labute approximate surface area is 106 Å². The molecule has 0 fully saturated rings. The van der Waals surface area contributed by atoms with E-state index in [0.717, 1.165) is 12.2 Å². The van der Waals surface area contributed by atoms with Gasteiger partial charge in [0.25, 0.3) is 0 Å². The standard InChI is InChI=1S/C13H18N2OS/c1-13(2,12(14)16)15-10-7-8-17-11-6-4-3-5-9(10)11/h3-6,10,15H,7-8H2,1-2H3,(H2,14,16). The van der Waals surface area contributed by atoms with Crippen LogP contribution in [0.1, 0.15) is 31.9 Å². The molecule has 1 atom stereocenters. The maximum absolute atomic E-state index is 11.4. The quantitative estimate of drug-likeness (QED) is 0.863. The number of benzene rings is 1. The number of nitrogens with one attached hydrogen (secondary N) is 1. The van der Waals surface area contributed by atoms with Crippen molar-refractivity contribution in [2.24, 2.45) is 5.73 Å². The van der Waals surface area contributed by atoms with Crippen LogP contribution >= 0.6 is 11.8 Å². The van der Waals surface area contributed by atoms with E-state index in [4.69, 9.17) is 5.73 Å². The van der Waals surface area contributed by atoms with Crippen LogP contribution in [-0.4, -0.2) is 17.2 Å². The third kappa shape index (κ3) is 2.64. The molecule has 0 aromatic heterocycles. The molecule has 0 radical (unpaired) electrons. The average Bonchev–Trinajstić information content (AvgIpc) is 2.29. The number of primary amides is 1. The largest absolute Gasteiger partial charge is 0.368 e. The monoisotopic (exact) mass is 250 g/mol. The lowest BCUT2D eigenvalue weighted by Gasteiger charge is -2.32. The van der Waals surface area contributed by atoms with Crippen molar-refractivity contribution in [2.75, 3.05) is 5.75 Å². The summed E-state index contributed by atoms with van der Waals surface area (Å²) in [6.07, 6.45) is 1.03. The van der Waals surface area contributed by atoms with Crippen molar-refractivity contribution in [1.29, 1.82) is 0 Å². The number of hydrogen-bond donors (Lipinski definition) is 2. The zero-order valence-corrected chi connectivity index (χ0v) is 11.0. The van der Waals surface area contributed by atoms with Gasteiger partial charge in [-0.15, -0.1) is 11.8 Å². The summed E-state index contributed by atoms with van der Waals surface area (Å²) in [5.74, 6) is 0.761. The third-order valence-corrected chi connectivity index (χ3v) is 4.23. The van der Waals surface area contributed by atoms with E-state index in [-0.39, 0.29) is 11.9 Å². The van der Waals surface area contributed by atoms with Gasteiger partial charge in [-0.25, -0.2) is 0 Å². The van der Waals surface area contributed by atoms with Gasteiger partial charge in [-0.2, -0.15) is 0 Å². The van der Waals surface area contributed by atoms with Crippen molar-refractivity contribution in [2.45, 2.75) is 36.7 Å².